The van der Waals surface area contributed by atoms with Crippen LogP contribution in [0.15, 0.2) is 0 Å². The summed E-state index contributed by atoms with van der Waals surface area (Å²) in [4.78, 5) is 9.63. The van der Waals surface area contributed by atoms with Crippen molar-refractivity contribution in [3.8, 4) is 0 Å². The van der Waals surface area contributed by atoms with Gasteiger partial charge >= 0.3 is 33.3 Å². The first-order valence-electron chi connectivity index (χ1n) is 2.07. The van der Waals surface area contributed by atoms with Gasteiger partial charge in [0, 0.05) is 6.61 Å². The third kappa shape index (κ3) is 9.61. The summed E-state index contributed by atoms with van der Waals surface area (Å²) in [6, 6.07) is 0. The van der Waals surface area contributed by atoms with E-state index in [1.807, 2.05) is 0 Å². The Kier molecular flexibility index (Phi) is 10.3. The Morgan fingerprint density at radius 2 is 2.25 bits per heavy atom. The Labute approximate surface area is 68.2 Å². The molecule has 0 rings (SSSR count). The van der Waals surface area contributed by atoms with Gasteiger partial charge < -0.3 is 9.84 Å². The molecular weight excluding hydrogens is 303 g/mol. The maximum atomic E-state index is 9.63. The minimum atomic E-state index is -0.915. The fraction of sp³-hybridized carbons (Fsp3) is 0.750. The molecule has 0 unspecified atom stereocenters. The van der Waals surface area contributed by atoms with Crippen LogP contribution in [0.4, 0.5) is 0 Å². The van der Waals surface area contributed by atoms with Gasteiger partial charge in [-0.3, -0.25) is 0 Å². The van der Waals surface area contributed by atoms with Crippen LogP contribution in [0, 0.1) is 0 Å². The van der Waals surface area contributed by atoms with Crippen LogP contribution in [0.25, 0.3) is 0 Å². The van der Waals surface area contributed by atoms with Crippen LogP contribution in [-0.2, 0) is 9.53 Å². The molecule has 0 saturated heterocycles. The number of carboxylic acid groups (broad SMARTS) is 1. The molecule has 3 nitrogen and oxygen atoms in total. The van der Waals surface area contributed by atoms with Crippen molar-refractivity contribution < 1.29 is 14.6 Å². The normalized spacial score (nSPS) is 7.62. The van der Waals surface area contributed by atoms with Crippen molar-refractivity contribution in [2.45, 2.75) is 6.92 Å². The molecule has 0 fully saturated rings. The second kappa shape index (κ2) is 7.35. The fourth-order valence-corrected chi connectivity index (χ4v) is 0.189. The number of carbonyl (C=O) groups is 1. The SMILES string of the molecule is CCOCC(=O)O.[PbH2]. The van der Waals surface area contributed by atoms with Crippen molar-refractivity contribution in [3.05, 3.63) is 0 Å². The standard InChI is InChI=1S/C4H8O3.Pb.2H/c1-2-7-3-4(5)6;;;/h2-3H2,1H3,(H,5,6);;;. The van der Waals surface area contributed by atoms with Gasteiger partial charge in [0.2, 0.25) is 0 Å². The number of aliphatic carboxylic acids is 1. The van der Waals surface area contributed by atoms with E-state index >= 15 is 0 Å². The molecule has 2 radical (unpaired) electrons. The predicted molar refractivity (Wildman–Crippen MR) is 32.7 cm³/mol. The van der Waals surface area contributed by atoms with Gasteiger partial charge in [-0.15, -0.1) is 0 Å². The molecule has 0 aromatic carbocycles. The van der Waals surface area contributed by atoms with Crippen molar-refractivity contribution in [2.24, 2.45) is 0 Å². The van der Waals surface area contributed by atoms with E-state index in [0.717, 1.165) is 0 Å². The molecule has 0 saturated carbocycles. The summed E-state index contributed by atoms with van der Waals surface area (Å²) in [5, 5.41) is 7.92. The van der Waals surface area contributed by atoms with E-state index in [2.05, 4.69) is 4.74 Å². The van der Waals surface area contributed by atoms with Crippen LogP contribution in [0.1, 0.15) is 6.92 Å². The van der Waals surface area contributed by atoms with E-state index in [1.165, 1.54) is 0 Å². The van der Waals surface area contributed by atoms with E-state index in [1.54, 1.807) is 6.92 Å². The Bertz CT molecular complexity index is 64.3. The number of hydrogen-bond donors (Lipinski definition) is 1. The zero-order chi connectivity index (χ0) is 5.70. The molecule has 8 heavy (non-hydrogen) atoms. The first-order chi connectivity index (χ1) is 3.27. The van der Waals surface area contributed by atoms with Crippen LogP contribution in [0.3, 0.4) is 0 Å². The summed E-state index contributed by atoms with van der Waals surface area (Å²) in [5.41, 5.74) is 0. The van der Waals surface area contributed by atoms with Gasteiger partial charge in [0.15, 0.2) is 0 Å². The molecule has 0 aromatic heterocycles. The molecule has 0 bridgehead atoms. The van der Waals surface area contributed by atoms with Crippen molar-refractivity contribution in [1.82, 2.24) is 0 Å². The molecule has 0 heterocycles. The van der Waals surface area contributed by atoms with Gasteiger partial charge in [-0.2, -0.15) is 0 Å². The quantitative estimate of drug-likeness (QED) is 0.694. The average Bonchev–Trinajstić information content (AvgIpc) is 1.61. The molecule has 48 valence electrons. The summed E-state index contributed by atoms with van der Waals surface area (Å²) in [7, 11) is 0. The van der Waals surface area contributed by atoms with Crippen LogP contribution < -0.4 is 0 Å². The van der Waals surface area contributed by atoms with Crippen LogP contribution in [0.5, 0.6) is 0 Å². The third-order valence-corrected chi connectivity index (χ3v) is 0.430. The van der Waals surface area contributed by atoms with Gasteiger partial charge in [0.05, 0.1) is 0 Å². The molecule has 0 aliphatic carbocycles. The maximum absolute atomic E-state index is 9.63. The number of rotatable bonds is 3. The zero-order valence-corrected chi connectivity index (χ0v) is 10.4. The van der Waals surface area contributed by atoms with Gasteiger partial charge in [0.25, 0.3) is 0 Å². The van der Waals surface area contributed by atoms with Crippen molar-refractivity contribution in [2.75, 3.05) is 13.2 Å². The zero-order valence-electron chi connectivity index (χ0n) is 4.89. The van der Waals surface area contributed by atoms with Crippen molar-refractivity contribution >= 4 is 33.3 Å². The van der Waals surface area contributed by atoms with E-state index in [4.69, 9.17) is 5.11 Å². The van der Waals surface area contributed by atoms with Crippen molar-refractivity contribution in [1.29, 1.82) is 0 Å². The molecule has 0 atom stereocenters. The summed E-state index contributed by atoms with van der Waals surface area (Å²) < 4.78 is 4.50. The van der Waals surface area contributed by atoms with Crippen LogP contribution in [-0.4, -0.2) is 51.6 Å². The summed E-state index contributed by atoms with van der Waals surface area (Å²) in [6.07, 6.45) is 0. The predicted octanol–water partition coefficient (Wildman–Crippen LogP) is -0.809. The molecule has 4 heteroatoms. The van der Waals surface area contributed by atoms with Gasteiger partial charge in [-0.25, -0.2) is 4.79 Å². The fourth-order valence-electron chi connectivity index (χ4n) is 0.189. The second-order valence-electron chi connectivity index (χ2n) is 1.03. The number of carboxylic acids is 1. The van der Waals surface area contributed by atoms with E-state index in [9.17, 15) is 4.79 Å². The van der Waals surface area contributed by atoms with E-state index in [0.29, 0.717) is 6.61 Å². The first-order valence-corrected chi connectivity index (χ1v) is 2.07. The van der Waals surface area contributed by atoms with Crippen LogP contribution >= 0.6 is 0 Å². The summed E-state index contributed by atoms with van der Waals surface area (Å²) in [5.74, 6) is -0.915. The Morgan fingerprint density at radius 3 is 2.38 bits per heavy atom. The Morgan fingerprint density at radius 1 is 1.75 bits per heavy atom. The summed E-state index contributed by atoms with van der Waals surface area (Å²) in [6.45, 7) is 2.03. The minimum absolute atomic E-state index is 0. The molecular formula is C4H10O3Pb. The first kappa shape index (κ1) is 11.2. The molecule has 0 aliphatic heterocycles. The third-order valence-electron chi connectivity index (χ3n) is 0.430. The van der Waals surface area contributed by atoms with Crippen LogP contribution in [0.2, 0.25) is 0 Å². The van der Waals surface area contributed by atoms with E-state index < -0.39 is 5.97 Å². The molecule has 0 aliphatic rings. The van der Waals surface area contributed by atoms with Gasteiger partial charge in [0.1, 0.15) is 6.61 Å². The summed E-state index contributed by atoms with van der Waals surface area (Å²) >= 11 is 0. The van der Waals surface area contributed by atoms with Gasteiger partial charge in [-0.1, -0.05) is 0 Å². The van der Waals surface area contributed by atoms with E-state index in [-0.39, 0.29) is 33.9 Å². The molecule has 0 amide bonds. The topological polar surface area (TPSA) is 46.5 Å². The number of ether oxygens (including phenoxy) is 1. The number of hydrogen-bond acceptors (Lipinski definition) is 2. The van der Waals surface area contributed by atoms with Gasteiger partial charge in [-0.05, 0) is 6.92 Å². The second-order valence-corrected chi connectivity index (χ2v) is 1.03. The monoisotopic (exact) mass is 314 g/mol. The molecule has 0 aromatic rings. The Balaban J connectivity index is 0. The molecule has 1 N–H and O–H groups in total. The van der Waals surface area contributed by atoms with Crippen molar-refractivity contribution in [3.63, 3.8) is 0 Å². The Hall–Kier alpha value is 0.352. The molecule has 0 spiro atoms. The average molecular weight is 313 g/mol.